The number of nitrogens with one attached hydrogen (secondary N) is 4. The molecule has 2 aliphatic heterocycles. The lowest BCUT2D eigenvalue weighted by Gasteiger charge is -2.32. The summed E-state index contributed by atoms with van der Waals surface area (Å²) in [5, 5.41) is 11.3. The van der Waals surface area contributed by atoms with Gasteiger partial charge in [0.25, 0.3) is 0 Å². The smallest absolute Gasteiger partial charge is 0.319 e. The van der Waals surface area contributed by atoms with Gasteiger partial charge in [-0.25, -0.2) is 13.6 Å². The third-order valence-corrected chi connectivity index (χ3v) is 7.99. The van der Waals surface area contributed by atoms with E-state index in [1.54, 1.807) is 0 Å². The fourth-order valence-electron chi connectivity index (χ4n) is 5.81. The summed E-state index contributed by atoms with van der Waals surface area (Å²) in [7, 11) is 1.47. The first-order chi connectivity index (χ1) is 21.1. The fourth-order valence-corrected chi connectivity index (χ4v) is 5.81. The maximum absolute atomic E-state index is 14.0. The van der Waals surface area contributed by atoms with Crippen molar-refractivity contribution >= 4 is 23.5 Å². The van der Waals surface area contributed by atoms with Gasteiger partial charge < -0.3 is 30.9 Å². The van der Waals surface area contributed by atoms with Crippen LogP contribution in [0.3, 0.4) is 0 Å². The van der Waals surface area contributed by atoms with Crippen molar-refractivity contribution < 1.29 is 27.9 Å². The van der Waals surface area contributed by atoms with Crippen LogP contribution in [0.25, 0.3) is 0 Å². The number of hydrogen-bond donors (Lipinski definition) is 4. The van der Waals surface area contributed by atoms with Gasteiger partial charge in [-0.1, -0.05) is 32.0 Å². The molecule has 0 aliphatic carbocycles. The topological polar surface area (TPSA) is 112 Å². The first kappa shape index (κ1) is 33.1. The lowest BCUT2D eigenvalue weighted by molar-refractivity contribution is -0.120. The monoisotopic (exact) mass is 611 g/mol. The number of carbonyl (C=O) groups excluding carboxylic acids is 3. The molecule has 1 saturated heterocycles. The number of methoxy groups -OCH3 is 1. The highest BCUT2D eigenvalue weighted by Gasteiger charge is 2.30. The van der Waals surface area contributed by atoms with Crippen molar-refractivity contribution in [1.29, 1.82) is 0 Å². The molecule has 0 bridgehead atoms. The second-order valence-electron chi connectivity index (χ2n) is 11.9. The molecule has 4 amide bonds. The Bertz CT molecular complexity index is 1360. The van der Waals surface area contributed by atoms with Gasteiger partial charge in [-0.2, -0.15) is 0 Å². The fraction of sp³-hybridized carbons (Fsp3) is 0.485. The summed E-state index contributed by atoms with van der Waals surface area (Å²) in [4.78, 5) is 39.8. The van der Waals surface area contributed by atoms with Gasteiger partial charge >= 0.3 is 6.03 Å². The van der Waals surface area contributed by atoms with Crippen LogP contribution in [0.2, 0.25) is 0 Å². The summed E-state index contributed by atoms with van der Waals surface area (Å²) in [5.74, 6) is -1.47. The maximum atomic E-state index is 14.0. The van der Waals surface area contributed by atoms with Gasteiger partial charge in [0.05, 0.1) is 19.1 Å². The number of hydrogen-bond acceptors (Lipinski definition) is 5. The molecular formula is C33H43F2N5O4. The van der Waals surface area contributed by atoms with E-state index in [0.29, 0.717) is 41.6 Å². The number of piperidine rings is 1. The summed E-state index contributed by atoms with van der Waals surface area (Å²) in [5.41, 5.74) is 3.38. The van der Waals surface area contributed by atoms with Crippen LogP contribution in [0.5, 0.6) is 0 Å². The van der Waals surface area contributed by atoms with Crippen molar-refractivity contribution in [2.75, 3.05) is 45.2 Å². The van der Waals surface area contributed by atoms with Crippen LogP contribution >= 0.6 is 0 Å². The molecule has 0 spiro atoms. The first-order valence-corrected chi connectivity index (χ1v) is 15.2. The number of carbonyl (C=O) groups is 3. The largest absolute Gasteiger partial charge is 0.378 e. The second kappa shape index (κ2) is 15.8. The van der Waals surface area contributed by atoms with E-state index in [0.717, 1.165) is 56.7 Å². The molecule has 0 aromatic heterocycles. The minimum atomic E-state index is -1.03. The Hall–Kier alpha value is -3.83. The summed E-state index contributed by atoms with van der Waals surface area (Å²) in [6.45, 7) is 7.37. The SMILES string of the molecule is COCC1=C(CC(=O)NCCCN2CCC(c3cccc(NC(=O)CC(C)C)c3)CC2)[C@@H](c2ccc(F)c(F)c2)NC(=O)N1. The molecule has 1 atom stereocenters. The third kappa shape index (κ3) is 9.33. The molecule has 0 radical (unpaired) electrons. The second-order valence-corrected chi connectivity index (χ2v) is 11.9. The highest BCUT2D eigenvalue weighted by molar-refractivity contribution is 5.90. The molecule has 2 aromatic carbocycles. The van der Waals surface area contributed by atoms with Gasteiger partial charge in [0.15, 0.2) is 11.6 Å². The molecule has 0 unspecified atom stereocenters. The van der Waals surface area contributed by atoms with Crippen molar-refractivity contribution in [3.8, 4) is 0 Å². The molecule has 238 valence electrons. The van der Waals surface area contributed by atoms with Crippen LogP contribution in [0.1, 0.15) is 69.0 Å². The predicted molar refractivity (Wildman–Crippen MR) is 165 cm³/mol. The quantitative estimate of drug-likeness (QED) is 0.239. The van der Waals surface area contributed by atoms with Crippen molar-refractivity contribution in [2.45, 2.75) is 57.9 Å². The summed E-state index contributed by atoms with van der Waals surface area (Å²) in [6.07, 6.45) is 3.28. The van der Waals surface area contributed by atoms with Gasteiger partial charge in [-0.3, -0.25) is 9.59 Å². The molecule has 2 aliphatic rings. The molecule has 4 N–H and O–H groups in total. The maximum Gasteiger partial charge on any atom is 0.319 e. The van der Waals surface area contributed by atoms with Gasteiger partial charge in [0.1, 0.15) is 0 Å². The van der Waals surface area contributed by atoms with E-state index in [9.17, 15) is 23.2 Å². The van der Waals surface area contributed by atoms with Crippen molar-refractivity contribution in [1.82, 2.24) is 20.9 Å². The van der Waals surface area contributed by atoms with Crippen LogP contribution in [0, 0.1) is 17.6 Å². The average molecular weight is 612 g/mol. The number of likely N-dealkylation sites (tertiary alicyclic amines) is 1. The number of amides is 4. The molecule has 44 heavy (non-hydrogen) atoms. The van der Waals surface area contributed by atoms with Gasteiger partial charge in [0.2, 0.25) is 11.8 Å². The zero-order valence-corrected chi connectivity index (χ0v) is 25.7. The number of anilines is 1. The minimum Gasteiger partial charge on any atom is -0.378 e. The van der Waals surface area contributed by atoms with E-state index < -0.39 is 23.7 Å². The molecule has 9 nitrogen and oxygen atoms in total. The zero-order chi connectivity index (χ0) is 31.6. The van der Waals surface area contributed by atoms with Crippen molar-refractivity contribution in [2.24, 2.45) is 5.92 Å². The number of benzene rings is 2. The summed E-state index contributed by atoms with van der Waals surface area (Å²) < 4.78 is 32.7. The molecule has 2 heterocycles. The molecule has 4 rings (SSSR count). The molecule has 2 aromatic rings. The van der Waals surface area contributed by atoms with Crippen LogP contribution in [0.4, 0.5) is 19.3 Å². The van der Waals surface area contributed by atoms with Crippen LogP contribution in [0.15, 0.2) is 53.7 Å². The van der Waals surface area contributed by atoms with Crippen molar-refractivity contribution in [3.63, 3.8) is 0 Å². The first-order valence-electron chi connectivity index (χ1n) is 15.2. The summed E-state index contributed by atoms with van der Waals surface area (Å²) >= 11 is 0. The molecular weight excluding hydrogens is 568 g/mol. The third-order valence-electron chi connectivity index (χ3n) is 7.99. The Morgan fingerprint density at radius 2 is 1.82 bits per heavy atom. The lowest BCUT2D eigenvalue weighted by atomic mass is 9.89. The predicted octanol–water partition coefficient (Wildman–Crippen LogP) is 4.98. The van der Waals surface area contributed by atoms with Crippen LogP contribution in [-0.2, 0) is 14.3 Å². The van der Waals surface area contributed by atoms with Gasteiger partial charge in [-0.05, 0) is 91.7 Å². The Morgan fingerprint density at radius 3 is 2.52 bits per heavy atom. The number of ether oxygens (including phenoxy) is 1. The Morgan fingerprint density at radius 1 is 1.05 bits per heavy atom. The number of nitrogens with zero attached hydrogens (tertiary/aromatic N) is 1. The van der Waals surface area contributed by atoms with E-state index in [4.69, 9.17) is 4.74 Å². The van der Waals surface area contributed by atoms with Crippen LogP contribution < -0.4 is 21.3 Å². The van der Waals surface area contributed by atoms with Gasteiger partial charge in [-0.15, -0.1) is 0 Å². The number of urea groups is 1. The lowest BCUT2D eigenvalue weighted by Crippen LogP contribution is -2.46. The molecule has 0 saturated carbocycles. The zero-order valence-electron chi connectivity index (χ0n) is 25.7. The van der Waals surface area contributed by atoms with Crippen LogP contribution in [-0.4, -0.2) is 62.6 Å². The van der Waals surface area contributed by atoms with E-state index >= 15 is 0 Å². The Kier molecular flexibility index (Phi) is 11.8. The van der Waals surface area contributed by atoms with Crippen molar-refractivity contribution in [3.05, 3.63) is 76.5 Å². The Labute approximate surface area is 257 Å². The standard InChI is InChI=1S/C33H43F2N5O4/c1-21(2)16-31(42)37-25-7-4-6-23(17-25)22-10-14-40(15-11-22)13-5-12-36-30(41)19-26-29(20-44-3)38-33(43)39-32(26)24-8-9-27(34)28(35)18-24/h4,6-9,17-18,21-22,32H,5,10-16,19-20H2,1-3H3,(H,36,41)(H,37,42)(H2,38,39,43)/t32-/m1/s1. The summed E-state index contributed by atoms with van der Waals surface area (Å²) in [6, 6.07) is 10.3. The average Bonchev–Trinajstić information content (AvgIpc) is 2.98. The van der Waals surface area contributed by atoms with Gasteiger partial charge in [0, 0.05) is 31.5 Å². The highest BCUT2D eigenvalue weighted by atomic mass is 19.2. The number of rotatable bonds is 13. The normalized spacial score (nSPS) is 17.8. The Balaban J connectivity index is 1.24. The molecule has 11 heteroatoms. The van der Waals surface area contributed by atoms with E-state index in [1.807, 2.05) is 26.0 Å². The minimum absolute atomic E-state index is 0.0384. The van der Waals surface area contributed by atoms with E-state index in [2.05, 4.69) is 38.3 Å². The van der Waals surface area contributed by atoms with E-state index in [1.165, 1.54) is 18.7 Å². The van der Waals surface area contributed by atoms with E-state index in [-0.39, 0.29) is 24.8 Å². The highest BCUT2D eigenvalue weighted by Crippen LogP contribution is 2.31. The number of halogens is 2. The molecule has 1 fully saturated rings.